The molecule has 2 amide bonds. The van der Waals surface area contributed by atoms with E-state index in [9.17, 15) is 9.59 Å². The highest BCUT2D eigenvalue weighted by Gasteiger charge is 2.37. The van der Waals surface area contributed by atoms with Crippen molar-refractivity contribution in [1.29, 1.82) is 0 Å². The summed E-state index contributed by atoms with van der Waals surface area (Å²) < 4.78 is 17.8. The maximum atomic E-state index is 12.6. The van der Waals surface area contributed by atoms with Crippen LogP contribution >= 0.6 is 0 Å². The van der Waals surface area contributed by atoms with E-state index in [2.05, 4.69) is 21.9 Å². The standard InChI is InChI=1S/C27H37N3O5/c1-6-20(28-25(32)35-26(3,4)5)24(31)30-29-23-14-17(2)19-15-18-10-13-27(11-8-7-9-12-27)34-21(18)16-22(19)33-23/h14-16,20H,6-13H2,1-5H3,(H,28,32)(H,30,31)/b29-23+/t20-/m1/s1. The lowest BCUT2D eigenvalue weighted by atomic mass is 9.79. The van der Waals surface area contributed by atoms with E-state index < -0.39 is 23.6 Å². The van der Waals surface area contributed by atoms with Crippen LogP contribution < -0.4 is 21.0 Å². The molecule has 2 aromatic rings. The Morgan fingerprint density at radius 3 is 2.57 bits per heavy atom. The van der Waals surface area contributed by atoms with Crippen LogP contribution in [0.1, 0.15) is 83.8 Å². The average Bonchev–Trinajstić information content (AvgIpc) is 2.79. The molecular formula is C27H37N3O5. The summed E-state index contributed by atoms with van der Waals surface area (Å²) in [7, 11) is 0. The third kappa shape index (κ3) is 5.97. The normalized spacial score (nSPS) is 18.5. The summed E-state index contributed by atoms with van der Waals surface area (Å²) in [6, 6.07) is 5.14. The first kappa shape index (κ1) is 25.1. The minimum absolute atomic E-state index is 0.0414. The summed E-state index contributed by atoms with van der Waals surface area (Å²) in [4.78, 5) is 24.7. The Labute approximate surface area is 206 Å². The Morgan fingerprint density at radius 2 is 1.89 bits per heavy atom. The third-order valence-electron chi connectivity index (χ3n) is 6.78. The SMILES string of the molecule is CC[C@@H](NC(=O)OC(C)(C)C)C(=O)N/N=c1\cc(C)c2cc3c(cc2o1)OC1(CCCCC1)CC3. The molecule has 0 radical (unpaired) electrons. The molecule has 8 heteroatoms. The van der Waals surface area contributed by atoms with Crippen molar-refractivity contribution in [2.45, 2.75) is 103 Å². The Kier molecular flexibility index (Phi) is 7.10. The van der Waals surface area contributed by atoms with Gasteiger partial charge in [-0.2, -0.15) is 0 Å². The van der Waals surface area contributed by atoms with Gasteiger partial charge in [-0.15, -0.1) is 5.10 Å². The van der Waals surface area contributed by atoms with Gasteiger partial charge in [0.1, 0.15) is 28.6 Å². The van der Waals surface area contributed by atoms with Gasteiger partial charge < -0.3 is 19.2 Å². The molecule has 1 aromatic carbocycles. The lowest BCUT2D eigenvalue weighted by Gasteiger charge is -2.41. The van der Waals surface area contributed by atoms with Crippen molar-refractivity contribution >= 4 is 23.0 Å². The third-order valence-corrected chi connectivity index (χ3v) is 6.78. The zero-order valence-corrected chi connectivity index (χ0v) is 21.5. The monoisotopic (exact) mass is 483 g/mol. The van der Waals surface area contributed by atoms with Crippen LogP contribution in [0.2, 0.25) is 0 Å². The number of hydrogen-bond donors (Lipinski definition) is 2. The van der Waals surface area contributed by atoms with E-state index in [1.165, 1.54) is 24.8 Å². The lowest BCUT2D eigenvalue weighted by molar-refractivity contribution is -0.123. The van der Waals surface area contributed by atoms with Crippen LogP contribution in [-0.2, 0) is 16.0 Å². The number of alkyl carbamates (subject to hydrolysis) is 1. The van der Waals surface area contributed by atoms with Crippen molar-refractivity contribution in [2.75, 3.05) is 0 Å². The zero-order chi connectivity index (χ0) is 25.2. The van der Waals surface area contributed by atoms with Crippen LogP contribution in [0, 0.1) is 6.92 Å². The van der Waals surface area contributed by atoms with Crippen LogP contribution in [0.25, 0.3) is 11.0 Å². The van der Waals surface area contributed by atoms with Crippen molar-refractivity contribution in [3.8, 4) is 5.75 Å². The van der Waals surface area contributed by atoms with Gasteiger partial charge in [0.15, 0.2) is 0 Å². The van der Waals surface area contributed by atoms with E-state index in [4.69, 9.17) is 13.9 Å². The van der Waals surface area contributed by atoms with E-state index in [0.717, 1.165) is 42.4 Å². The minimum Gasteiger partial charge on any atom is -0.487 e. The van der Waals surface area contributed by atoms with Crippen molar-refractivity contribution < 1.29 is 23.5 Å². The first-order valence-electron chi connectivity index (χ1n) is 12.7. The minimum atomic E-state index is -0.776. The predicted octanol–water partition coefficient (Wildman–Crippen LogP) is 5.00. The quantitative estimate of drug-likeness (QED) is 0.596. The molecule has 2 aliphatic rings. The van der Waals surface area contributed by atoms with Crippen LogP contribution in [-0.4, -0.2) is 29.2 Å². The van der Waals surface area contributed by atoms with E-state index in [1.807, 2.05) is 13.0 Å². The van der Waals surface area contributed by atoms with Crippen LogP contribution in [0.4, 0.5) is 4.79 Å². The highest BCUT2D eigenvalue weighted by atomic mass is 16.6. The van der Waals surface area contributed by atoms with E-state index in [-0.39, 0.29) is 11.2 Å². The molecule has 1 spiro atoms. The smallest absolute Gasteiger partial charge is 0.408 e. The molecule has 1 atom stereocenters. The van der Waals surface area contributed by atoms with Gasteiger partial charge in [0.05, 0.1) is 0 Å². The van der Waals surface area contributed by atoms with Gasteiger partial charge >= 0.3 is 6.09 Å². The topological polar surface area (TPSA) is 102 Å². The molecule has 35 heavy (non-hydrogen) atoms. The molecule has 8 nitrogen and oxygen atoms in total. The summed E-state index contributed by atoms with van der Waals surface area (Å²) in [5.74, 6) is 0.446. The zero-order valence-electron chi connectivity index (χ0n) is 21.5. The maximum absolute atomic E-state index is 12.6. The number of carbonyl (C=O) groups is 2. The predicted molar refractivity (Wildman–Crippen MR) is 133 cm³/mol. The van der Waals surface area contributed by atoms with Gasteiger partial charge in [0.25, 0.3) is 5.91 Å². The Balaban J connectivity index is 1.52. The second kappa shape index (κ2) is 9.91. The van der Waals surface area contributed by atoms with Crippen molar-refractivity contribution in [3.05, 3.63) is 34.9 Å². The van der Waals surface area contributed by atoms with Crippen molar-refractivity contribution in [2.24, 2.45) is 5.10 Å². The molecular weight excluding hydrogens is 446 g/mol. The number of fused-ring (bicyclic) bond motifs is 2. The second-order valence-electron chi connectivity index (χ2n) is 10.8. The first-order valence-corrected chi connectivity index (χ1v) is 12.7. The number of benzene rings is 1. The fourth-order valence-electron chi connectivity index (χ4n) is 4.94. The molecule has 1 saturated carbocycles. The summed E-state index contributed by atoms with van der Waals surface area (Å²) in [5, 5.41) is 7.76. The summed E-state index contributed by atoms with van der Waals surface area (Å²) >= 11 is 0. The molecule has 2 N–H and O–H groups in total. The molecule has 4 rings (SSSR count). The number of ether oxygens (including phenoxy) is 2. The molecule has 190 valence electrons. The Morgan fingerprint density at radius 1 is 1.14 bits per heavy atom. The molecule has 0 unspecified atom stereocenters. The van der Waals surface area contributed by atoms with E-state index in [1.54, 1.807) is 33.8 Å². The molecule has 1 fully saturated rings. The van der Waals surface area contributed by atoms with Gasteiger partial charge in [-0.25, -0.2) is 10.2 Å². The highest BCUT2D eigenvalue weighted by Crippen LogP contribution is 2.43. The number of hydrogen-bond acceptors (Lipinski definition) is 6. The van der Waals surface area contributed by atoms with Crippen LogP contribution in [0.15, 0.2) is 27.7 Å². The maximum Gasteiger partial charge on any atom is 0.408 e. The van der Waals surface area contributed by atoms with E-state index in [0.29, 0.717) is 12.0 Å². The highest BCUT2D eigenvalue weighted by molar-refractivity contribution is 5.85. The van der Waals surface area contributed by atoms with Crippen LogP contribution in [0.5, 0.6) is 5.75 Å². The number of amides is 2. The average molecular weight is 484 g/mol. The molecule has 0 bridgehead atoms. The first-order chi connectivity index (χ1) is 16.6. The van der Waals surface area contributed by atoms with Crippen molar-refractivity contribution in [3.63, 3.8) is 0 Å². The number of nitrogens with one attached hydrogen (secondary N) is 2. The molecule has 1 aliphatic carbocycles. The van der Waals surface area contributed by atoms with Gasteiger partial charge in [0.2, 0.25) is 5.55 Å². The number of rotatable bonds is 4. The lowest BCUT2D eigenvalue weighted by Crippen LogP contribution is -2.47. The number of aryl methyl sites for hydroxylation is 2. The van der Waals surface area contributed by atoms with Gasteiger partial charge in [-0.1, -0.05) is 13.3 Å². The Hall–Kier alpha value is -3.03. The van der Waals surface area contributed by atoms with Gasteiger partial charge in [0, 0.05) is 17.5 Å². The molecule has 2 heterocycles. The second-order valence-corrected chi connectivity index (χ2v) is 10.8. The molecule has 1 aliphatic heterocycles. The fraction of sp³-hybridized carbons (Fsp3) is 0.593. The van der Waals surface area contributed by atoms with E-state index >= 15 is 0 Å². The summed E-state index contributed by atoms with van der Waals surface area (Å²) in [6.07, 6.45) is 7.76. The summed E-state index contributed by atoms with van der Waals surface area (Å²) in [5.41, 5.74) is 4.98. The summed E-state index contributed by atoms with van der Waals surface area (Å²) in [6.45, 7) is 9.10. The molecule has 1 aromatic heterocycles. The van der Waals surface area contributed by atoms with Gasteiger partial charge in [-0.3, -0.25) is 4.79 Å². The fourth-order valence-corrected chi connectivity index (χ4v) is 4.94. The number of nitrogens with zero attached hydrogens (tertiary/aromatic N) is 1. The van der Waals surface area contributed by atoms with Crippen molar-refractivity contribution in [1.82, 2.24) is 10.7 Å². The number of carbonyl (C=O) groups excluding carboxylic acids is 2. The Bertz CT molecular complexity index is 1170. The molecule has 0 saturated heterocycles. The van der Waals surface area contributed by atoms with Gasteiger partial charge in [-0.05, 0) is 89.8 Å². The largest absolute Gasteiger partial charge is 0.487 e. The van der Waals surface area contributed by atoms with Crippen LogP contribution in [0.3, 0.4) is 0 Å².